The SMILES string of the molecule is CC(=O)CF.CCC.Cn1cc(NC(=O)c2ccc3cnc(NC4CCCCNC4)nn23)c(C(F)(F)F)n1. The van der Waals surface area contributed by atoms with E-state index in [1.807, 2.05) is 0 Å². The van der Waals surface area contributed by atoms with E-state index in [9.17, 15) is 27.2 Å². The number of aromatic nitrogens is 5. The van der Waals surface area contributed by atoms with Gasteiger partial charge in [0.05, 0.1) is 17.4 Å². The molecule has 3 aromatic rings. The summed E-state index contributed by atoms with van der Waals surface area (Å²) in [5.74, 6) is -0.793. The molecule has 3 aromatic heterocycles. The fraction of sp³-hybridized carbons (Fsp3) is 0.542. The predicted octanol–water partition coefficient (Wildman–Crippen LogP) is 4.25. The number of carbonyl (C=O) groups is 2. The van der Waals surface area contributed by atoms with E-state index in [1.54, 1.807) is 12.3 Å². The van der Waals surface area contributed by atoms with Gasteiger partial charge in [0.2, 0.25) is 5.95 Å². The highest BCUT2D eigenvalue weighted by Crippen LogP contribution is 2.33. The van der Waals surface area contributed by atoms with Gasteiger partial charge in [0.25, 0.3) is 5.91 Å². The van der Waals surface area contributed by atoms with Crippen molar-refractivity contribution in [3.05, 3.63) is 35.9 Å². The number of hydrogen-bond donors (Lipinski definition) is 3. The second kappa shape index (κ2) is 14.4. The minimum absolute atomic E-state index is 0.0893. The van der Waals surface area contributed by atoms with Crippen LogP contribution in [0.4, 0.5) is 29.2 Å². The largest absolute Gasteiger partial charge is 0.437 e. The Labute approximate surface area is 218 Å². The van der Waals surface area contributed by atoms with Gasteiger partial charge in [-0.05, 0) is 38.4 Å². The van der Waals surface area contributed by atoms with E-state index in [0.29, 0.717) is 11.5 Å². The third-order valence-electron chi connectivity index (χ3n) is 5.04. The number of anilines is 2. The summed E-state index contributed by atoms with van der Waals surface area (Å²) < 4.78 is 52.6. The molecule has 4 rings (SSSR count). The molecule has 0 aromatic carbocycles. The first kappa shape index (κ1) is 30.7. The number of ketones is 1. The Bertz CT molecular complexity index is 1180. The second-order valence-corrected chi connectivity index (χ2v) is 8.74. The van der Waals surface area contributed by atoms with E-state index in [4.69, 9.17) is 0 Å². The van der Waals surface area contributed by atoms with Crippen molar-refractivity contribution in [1.29, 1.82) is 0 Å². The van der Waals surface area contributed by atoms with Crippen LogP contribution in [0, 0.1) is 0 Å². The van der Waals surface area contributed by atoms with Gasteiger partial charge >= 0.3 is 6.18 Å². The monoisotopic (exact) mass is 542 g/mol. The summed E-state index contributed by atoms with van der Waals surface area (Å²) in [6.45, 7) is 6.37. The Morgan fingerprint density at radius 1 is 1.18 bits per heavy atom. The summed E-state index contributed by atoms with van der Waals surface area (Å²) in [6, 6.07) is 3.27. The van der Waals surface area contributed by atoms with Gasteiger partial charge in [-0.25, -0.2) is 13.9 Å². The van der Waals surface area contributed by atoms with Crippen LogP contribution >= 0.6 is 0 Å². The molecule has 210 valence electrons. The zero-order valence-corrected chi connectivity index (χ0v) is 21.9. The van der Waals surface area contributed by atoms with Crippen LogP contribution in [0.15, 0.2) is 24.5 Å². The summed E-state index contributed by atoms with van der Waals surface area (Å²) in [4.78, 5) is 26.4. The number of carbonyl (C=O) groups excluding carboxylic acids is 2. The number of aryl methyl sites for hydroxylation is 1. The first-order valence-corrected chi connectivity index (χ1v) is 12.3. The normalized spacial score (nSPS) is 15.4. The maximum atomic E-state index is 13.1. The Kier molecular flexibility index (Phi) is 11.6. The van der Waals surface area contributed by atoms with Gasteiger partial charge in [-0.2, -0.15) is 18.3 Å². The molecule has 0 aliphatic carbocycles. The van der Waals surface area contributed by atoms with Gasteiger partial charge in [0.1, 0.15) is 12.4 Å². The van der Waals surface area contributed by atoms with Crippen LogP contribution in [-0.4, -0.2) is 61.9 Å². The smallest absolute Gasteiger partial charge is 0.349 e. The minimum Gasteiger partial charge on any atom is -0.349 e. The molecule has 1 unspecified atom stereocenters. The summed E-state index contributed by atoms with van der Waals surface area (Å²) in [6.07, 6.45) is 2.38. The van der Waals surface area contributed by atoms with Crippen molar-refractivity contribution >= 4 is 28.8 Å². The van der Waals surface area contributed by atoms with Gasteiger partial charge in [0.15, 0.2) is 11.5 Å². The summed E-state index contributed by atoms with van der Waals surface area (Å²) in [5.41, 5.74) is -0.933. The van der Waals surface area contributed by atoms with E-state index < -0.39 is 35.9 Å². The minimum atomic E-state index is -4.68. The van der Waals surface area contributed by atoms with Gasteiger partial charge < -0.3 is 16.0 Å². The molecule has 1 aliphatic rings. The average Bonchev–Trinajstić information content (AvgIpc) is 3.34. The van der Waals surface area contributed by atoms with Crippen LogP contribution in [0.1, 0.15) is 62.6 Å². The number of amides is 1. The molecular weight excluding hydrogens is 508 g/mol. The molecule has 38 heavy (non-hydrogen) atoms. The Balaban J connectivity index is 0.000000559. The number of nitrogens with one attached hydrogen (secondary N) is 3. The zero-order valence-electron chi connectivity index (χ0n) is 21.9. The second-order valence-electron chi connectivity index (χ2n) is 8.74. The number of nitrogens with zero attached hydrogens (tertiary/aromatic N) is 5. The lowest BCUT2D eigenvalue weighted by Crippen LogP contribution is -2.31. The fourth-order valence-electron chi connectivity index (χ4n) is 3.44. The lowest BCUT2D eigenvalue weighted by Gasteiger charge is -2.16. The molecule has 1 fully saturated rings. The van der Waals surface area contributed by atoms with E-state index >= 15 is 0 Å². The number of fused-ring (bicyclic) bond motifs is 1. The van der Waals surface area contributed by atoms with Crippen molar-refractivity contribution in [2.24, 2.45) is 7.05 Å². The number of halogens is 4. The van der Waals surface area contributed by atoms with Crippen molar-refractivity contribution in [3.63, 3.8) is 0 Å². The number of hydrogen-bond acceptors (Lipinski definition) is 7. The molecule has 0 spiro atoms. The van der Waals surface area contributed by atoms with Crippen molar-refractivity contribution in [2.45, 2.75) is 58.7 Å². The summed E-state index contributed by atoms with van der Waals surface area (Å²) in [5, 5.41) is 16.6. The molecule has 1 saturated heterocycles. The average molecular weight is 543 g/mol. The quantitative estimate of drug-likeness (QED) is 0.413. The van der Waals surface area contributed by atoms with E-state index in [0.717, 1.165) is 43.2 Å². The molecular formula is C24H34F4N8O2. The highest BCUT2D eigenvalue weighted by atomic mass is 19.4. The first-order valence-electron chi connectivity index (χ1n) is 12.3. The molecule has 1 aliphatic heterocycles. The van der Waals surface area contributed by atoms with Crippen molar-refractivity contribution < 1.29 is 27.2 Å². The third-order valence-corrected chi connectivity index (χ3v) is 5.04. The van der Waals surface area contributed by atoms with Gasteiger partial charge in [-0.3, -0.25) is 14.3 Å². The maximum Gasteiger partial charge on any atom is 0.437 e. The third kappa shape index (κ3) is 9.08. The van der Waals surface area contributed by atoms with Crippen LogP contribution in [0.5, 0.6) is 0 Å². The maximum absolute atomic E-state index is 13.1. The van der Waals surface area contributed by atoms with E-state index in [-0.39, 0.29) is 11.7 Å². The highest BCUT2D eigenvalue weighted by molar-refractivity contribution is 6.04. The van der Waals surface area contributed by atoms with Crippen LogP contribution in [0.25, 0.3) is 5.52 Å². The number of alkyl halides is 4. The van der Waals surface area contributed by atoms with E-state index in [2.05, 4.69) is 45.0 Å². The Morgan fingerprint density at radius 2 is 1.87 bits per heavy atom. The molecule has 0 saturated carbocycles. The fourth-order valence-corrected chi connectivity index (χ4v) is 3.44. The molecule has 1 amide bonds. The summed E-state index contributed by atoms with van der Waals surface area (Å²) in [7, 11) is 1.35. The lowest BCUT2D eigenvalue weighted by molar-refractivity contribution is -0.140. The molecule has 14 heteroatoms. The van der Waals surface area contributed by atoms with Gasteiger partial charge in [0, 0.05) is 25.8 Å². The Hall–Kier alpha value is -3.55. The molecule has 0 bridgehead atoms. The van der Waals surface area contributed by atoms with Crippen LogP contribution < -0.4 is 16.0 Å². The summed E-state index contributed by atoms with van der Waals surface area (Å²) >= 11 is 0. The number of Topliss-reactive ketones (excluding diaryl/α,β-unsaturated/α-hetero) is 1. The van der Waals surface area contributed by atoms with E-state index in [1.165, 1.54) is 31.0 Å². The molecule has 1 atom stereocenters. The lowest BCUT2D eigenvalue weighted by atomic mass is 10.1. The topological polar surface area (TPSA) is 118 Å². The van der Waals surface area contributed by atoms with Crippen LogP contribution in [0.3, 0.4) is 0 Å². The molecule has 10 nitrogen and oxygen atoms in total. The first-order chi connectivity index (χ1) is 18.0. The van der Waals surface area contributed by atoms with Gasteiger partial charge in [-0.1, -0.05) is 26.7 Å². The molecule has 0 radical (unpaired) electrons. The highest BCUT2D eigenvalue weighted by Gasteiger charge is 2.37. The molecule has 3 N–H and O–H groups in total. The van der Waals surface area contributed by atoms with Crippen molar-refractivity contribution in [1.82, 2.24) is 29.7 Å². The van der Waals surface area contributed by atoms with Crippen molar-refractivity contribution in [3.8, 4) is 0 Å². The zero-order chi connectivity index (χ0) is 28.3. The van der Waals surface area contributed by atoms with Crippen LogP contribution in [0.2, 0.25) is 0 Å². The Morgan fingerprint density at radius 3 is 2.50 bits per heavy atom. The predicted molar refractivity (Wildman–Crippen MR) is 136 cm³/mol. The molecule has 4 heterocycles. The standard InChI is InChI=1S/C18H21F3N8O.C3H5FO.C3H8/c1-28-10-13(15(26-28)18(19,20)21)25-16(30)14-6-5-12-9-23-17(27-29(12)14)24-11-4-2-3-7-22-8-11;1-3(5)2-4;1-3-2/h5-6,9-11,22H,2-4,7-8H2,1H3,(H,24,27)(H,25,30);2H2,1H3;3H2,1-2H3. The van der Waals surface area contributed by atoms with Crippen LogP contribution in [-0.2, 0) is 18.0 Å². The van der Waals surface area contributed by atoms with Gasteiger partial charge in [-0.15, -0.1) is 5.10 Å². The number of rotatable bonds is 5. The van der Waals surface area contributed by atoms with Crippen molar-refractivity contribution in [2.75, 3.05) is 30.4 Å².